The highest BCUT2D eigenvalue weighted by Crippen LogP contribution is 2.30. The molecule has 0 aromatic carbocycles. The van der Waals surface area contributed by atoms with Gasteiger partial charge in [0.25, 0.3) is 0 Å². The van der Waals surface area contributed by atoms with Crippen LogP contribution in [-0.2, 0) is 16.0 Å². The molecule has 0 spiro atoms. The number of halogens is 1. The lowest BCUT2D eigenvalue weighted by Crippen LogP contribution is -2.25. The van der Waals surface area contributed by atoms with E-state index in [1.807, 2.05) is 6.07 Å². The zero-order valence-electron chi connectivity index (χ0n) is 8.28. The lowest BCUT2D eigenvalue weighted by molar-refractivity contribution is -0.116. The van der Waals surface area contributed by atoms with E-state index in [2.05, 4.69) is 4.98 Å². The van der Waals surface area contributed by atoms with Gasteiger partial charge in [0, 0.05) is 12.8 Å². The minimum absolute atomic E-state index is 0.356. The highest BCUT2D eigenvalue weighted by molar-refractivity contribution is 6.29. The van der Waals surface area contributed by atoms with Crippen molar-refractivity contribution >= 4 is 17.9 Å². The largest absolute Gasteiger partial charge is 0.380 e. The van der Waals surface area contributed by atoms with Crippen LogP contribution in [0.3, 0.4) is 0 Å². The normalized spacial score (nSPS) is 25.4. The van der Waals surface area contributed by atoms with E-state index in [4.69, 9.17) is 16.3 Å². The molecule has 15 heavy (non-hydrogen) atoms. The second-order valence-corrected chi connectivity index (χ2v) is 4.33. The van der Waals surface area contributed by atoms with Crippen molar-refractivity contribution in [1.82, 2.24) is 4.98 Å². The third kappa shape index (κ3) is 2.36. The predicted octanol–water partition coefficient (Wildman–Crippen LogP) is 1.88. The van der Waals surface area contributed by atoms with E-state index >= 15 is 0 Å². The van der Waals surface area contributed by atoms with Crippen molar-refractivity contribution in [3.8, 4) is 0 Å². The molecule has 1 saturated heterocycles. The highest BCUT2D eigenvalue weighted by atomic mass is 35.5. The van der Waals surface area contributed by atoms with Crippen LogP contribution in [0.25, 0.3) is 0 Å². The number of carbonyl (C=O) groups is 1. The molecule has 2 rings (SSSR count). The Labute approximate surface area is 93.4 Å². The van der Waals surface area contributed by atoms with Crippen LogP contribution in [0.1, 0.15) is 12.0 Å². The molecule has 1 aromatic heterocycles. The molecule has 1 fully saturated rings. The van der Waals surface area contributed by atoms with E-state index in [9.17, 15) is 4.79 Å². The van der Waals surface area contributed by atoms with E-state index in [-0.39, 0.29) is 5.41 Å². The average Bonchev–Trinajstić information content (AvgIpc) is 2.67. The maximum Gasteiger partial charge on any atom is 0.129 e. The molecule has 0 N–H and O–H groups in total. The topological polar surface area (TPSA) is 39.2 Å². The van der Waals surface area contributed by atoms with Gasteiger partial charge in [-0.3, -0.25) is 0 Å². The Morgan fingerprint density at radius 1 is 1.67 bits per heavy atom. The molecule has 2 heterocycles. The Kier molecular flexibility index (Phi) is 3.03. The van der Waals surface area contributed by atoms with Gasteiger partial charge in [-0.2, -0.15) is 0 Å². The van der Waals surface area contributed by atoms with Gasteiger partial charge in [0.1, 0.15) is 11.4 Å². The minimum atomic E-state index is -0.356. The van der Waals surface area contributed by atoms with Gasteiger partial charge in [0.15, 0.2) is 0 Å². The van der Waals surface area contributed by atoms with Crippen LogP contribution >= 0.6 is 11.6 Å². The van der Waals surface area contributed by atoms with Crippen LogP contribution in [0.5, 0.6) is 0 Å². The Bertz CT molecular complexity index is 361. The summed E-state index contributed by atoms with van der Waals surface area (Å²) in [6.07, 6.45) is 4.13. The van der Waals surface area contributed by atoms with Crippen molar-refractivity contribution in [2.24, 2.45) is 5.41 Å². The Morgan fingerprint density at radius 2 is 2.53 bits per heavy atom. The second-order valence-electron chi connectivity index (χ2n) is 3.95. The zero-order chi connectivity index (χ0) is 10.7. The molecule has 1 aliphatic rings. The molecule has 1 unspecified atom stereocenters. The number of ether oxygens (including phenoxy) is 1. The molecular formula is C11H12ClNO2. The van der Waals surface area contributed by atoms with Crippen molar-refractivity contribution in [3.63, 3.8) is 0 Å². The maximum atomic E-state index is 11.1. The molecule has 4 heteroatoms. The summed E-state index contributed by atoms with van der Waals surface area (Å²) in [6, 6.07) is 3.68. The number of carbonyl (C=O) groups excluding carboxylic acids is 1. The van der Waals surface area contributed by atoms with Gasteiger partial charge >= 0.3 is 0 Å². The summed E-state index contributed by atoms with van der Waals surface area (Å²) in [5, 5.41) is 0.465. The van der Waals surface area contributed by atoms with Crippen LogP contribution in [0.4, 0.5) is 0 Å². The summed E-state index contributed by atoms with van der Waals surface area (Å²) in [7, 11) is 0. The number of rotatable bonds is 3. The molecule has 1 aromatic rings. The third-order valence-electron chi connectivity index (χ3n) is 2.73. The number of hydrogen-bond acceptors (Lipinski definition) is 3. The van der Waals surface area contributed by atoms with Crippen molar-refractivity contribution in [3.05, 3.63) is 29.0 Å². The van der Waals surface area contributed by atoms with Gasteiger partial charge in [-0.25, -0.2) is 4.98 Å². The number of aldehydes is 1. The summed E-state index contributed by atoms with van der Waals surface area (Å²) in [5.74, 6) is 0. The number of pyridine rings is 1. The first-order valence-corrected chi connectivity index (χ1v) is 5.26. The number of nitrogens with zero attached hydrogens (tertiary/aromatic N) is 1. The van der Waals surface area contributed by atoms with Crippen LogP contribution in [-0.4, -0.2) is 24.5 Å². The van der Waals surface area contributed by atoms with E-state index in [0.29, 0.717) is 24.8 Å². The van der Waals surface area contributed by atoms with Gasteiger partial charge in [-0.15, -0.1) is 0 Å². The molecule has 3 nitrogen and oxygen atoms in total. The van der Waals surface area contributed by atoms with Gasteiger partial charge in [0.2, 0.25) is 0 Å². The first-order valence-electron chi connectivity index (χ1n) is 4.89. The monoisotopic (exact) mass is 225 g/mol. The standard InChI is InChI=1S/C11H12ClNO2/c12-10-5-9(1-3-13-10)6-11(7-14)2-4-15-8-11/h1,3,5,7H,2,4,6,8H2. The number of aromatic nitrogens is 1. The fourth-order valence-electron chi connectivity index (χ4n) is 1.86. The molecular weight excluding hydrogens is 214 g/mol. The zero-order valence-corrected chi connectivity index (χ0v) is 9.04. The smallest absolute Gasteiger partial charge is 0.129 e. The van der Waals surface area contributed by atoms with Gasteiger partial charge in [-0.1, -0.05) is 11.6 Å². The molecule has 1 aliphatic heterocycles. The molecule has 0 amide bonds. The molecule has 0 radical (unpaired) electrons. The Balaban J connectivity index is 2.16. The quantitative estimate of drug-likeness (QED) is 0.583. The van der Waals surface area contributed by atoms with E-state index in [0.717, 1.165) is 18.3 Å². The van der Waals surface area contributed by atoms with Gasteiger partial charge < -0.3 is 9.53 Å². The van der Waals surface area contributed by atoms with E-state index < -0.39 is 0 Å². The van der Waals surface area contributed by atoms with E-state index in [1.165, 1.54) is 0 Å². The van der Waals surface area contributed by atoms with Gasteiger partial charge in [0.05, 0.1) is 12.0 Å². The van der Waals surface area contributed by atoms with Crippen molar-refractivity contribution in [2.75, 3.05) is 13.2 Å². The van der Waals surface area contributed by atoms with Crippen LogP contribution in [0.15, 0.2) is 18.3 Å². The van der Waals surface area contributed by atoms with Crippen LogP contribution < -0.4 is 0 Å². The van der Waals surface area contributed by atoms with Gasteiger partial charge in [-0.05, 0) is 30.5 Å². The highest BCUT2D eigenvalue weighted by Gasteiger charge is 2.34. The summed E-state index contributed by atoms with van der Waals surface area (Å²) in [4.78, 5) is 15.0. The molecule has 0 aliphatic carbocycles. The molecule has 0 bridgehead atoms. The average molecular weight is 226 g/mol. The van der Waals surface area contributed by atoms with Crippen molar-refractivity contribution < 1.29 is 9.53 Å². The fraction of sp³-hybridized carbons (Fsp3) is 0.455. The molecule has 0 saturated carbocycles. The first-order chi connectivity index (χ1) is 7.24. The minimum Gasteiger partial charge on any atom is -0.380 e. The third-order valence-corrected chi connectivity index (χ3v) is 2.94. The predicted molar refractivity (Wildman–Crippen MR) is 56.9 cm³/mol. The molecule has 1 atom stereocenters. The van der Waals surface area contributed by atoms with Crippen LogP contribution in [0, 0.1) is 5.41 Å². The second kappa shape index (κ2) is 4.29. The fourth-order valence-corrected chi connectivity index (χ4v) is 2.05. The Morgan fingerprint density at radius 3 is 3.13 bits per heavy atom. The number of hydrogen-bond donors (Lipinski definition) is 0. The molecule has 80 valence electrons. The summed E-state index contributed by atoms with van der Waals surface area (Å²) < 4.78 is 5.27. The first kappa shape index (κ1) is 10.6. The summed E-state index contributed by atoms with van der Waals surface area (Å²) in [6.45, 7) is 1.17. The summed E-state index contributed by atoms with van der Waals surface area (Å²) >= 11 is 5.79. The Hall–Kier alpha value is -0.930. The maximum absolute atomic E-state index is 11.1. The summed E-state index contributed by atoms with van der Waals surface area (Å²) in [5.41, 5.74) is 0.678. The van der Waals surface area contributed by atoms with Crippen molar-refractivity contribution in [1.29, 1.82) is 0 Å². The van der Waals surface area contributed by atoms with Crippen molar-refractivity contribution in [2.45, 2.75) is 12.8 Å². The van der Waals surface area contributed by atoms with Crippen LogP contribution in [0.2, 0.25) is 5.15 Å². The lowest BCUT2D eigenvalue weighted by atomic mass is 9.83. The van der Waals surface area contributed by atoms with E-state index in [1.54, 1.807) is 12.3 Å². The lowest BCUT2D eigenvalue weighted by Gasteiger charge is -2.19. The SMILES string of the molecule is O=CC1(Cc2ccnc(Cl)c2)CCOC1.